The standard InChI is InChI=1S/C9H10O6S2.Ca.2H/c1-6(2)7-4-3-5-8(16(10,11)12)9(7)17(13,14)15;;;/h3-5H,1H2,2H3,(H,10,11,12)(H,13,14,15);;;. The zero-order valence-corrected chi connectivity index (χ0v) is 10.4. The Hall–Kier alpha value is 0.0397. The van der Waals surface area contributed by atoms with Crippen molar-refractivity contribution >= 4 is 63.5 Å². The van der Waals surface area contributed by atoms with Crippen LogP contribution in [0.5, 0.6) is 0 Å². The normalized spacial score (nSPS) is 11.7. The summed E-state index contributed by atoms with van der Waals surface area (Å²) in [4.78, 5) is -1.74. The molecule has 18 heavy (non-hydrogen) atoms. The zero-order valence-electron chi connectivity index (χ0n) is 8.78. The van der Waals surface area contributed by atoms with E-state index in [0.29, 0.717) is 0 Å². The molecule has 9 heteroatoms. The van der Waals surface area contributed by atoms with Crippen molar-refractivity contribution in [3.8, 4) is 0 Å². The van der Waals surface area contributed by atoms with E-state index in [-0.39, 0.29) is 48.9 Å². The molecule has 0 unspecified atom stereocenters. The Morgan fingerprint density at radius 1 is 1.11 bits per heavy atom. The van der Waals surface area contributed by atoms with Gasteiger partial charge in [0.1, 0.15) is 9.79 Å². The van der Waals surface area contributed by atoms with Crippen LogP contribution in [0.25, 0.3) is 5.57 Å². The van der Waals surface area contributed by atoms with E-state index in [9.17, 15) is 16.8 Å². The van der Waals surface area contributed by atoms with Crippen molar-refractivity contribution in [1.29, 1.82) is 0 Å². The summed E-state index contributed by atoms with van der Waals surface area (Å²) in [5.41, 5.74) is 0.172. The molecule has 0 radical (unpaired) electrons. The third-order valence-electron chi connectivity index (χ3n) is 1.97. The van der Waals surface area contributed by atoms with Crippen LogP contribution < -0.4 is 0 Å². The molecule has 0 amide bonds. The number of rotatable bonds is 3. The predicted molar refractivity (Wildman–Crippen MR) is 69.3 cm³/mol. The molecule has 0 aliphatic heterocycles. The number of hydrogen-bond acceptors (Lipinski definition) is 4. The Balaban J connectivity index is 0.00000289. The van der Waals surface area contributed by atoms with E-state index >= 15 is 0 Å². The minimum atomic E-state index is -4.79. The van der Waals surface area contributed by atoms with E-state index < -0.39 is 30.0 Å². The molecule has 0 bridgehead atoms. The maximum atomic E-state index is 11.2. The van der Waals surface area contributed by atoms with Gasteiger partial charge in [0.25, 0.3) is 20.2 Å². The second-order valence-electron chi connectivity index (χ2n) is 3.36. The summed E-state index contributed by atoms with van der Waals surface area (Å²) in [5.74, 6) is 0. The van der Waals surface area contributed by atoms with Gasteiger partial charge < -0.3 is 0 Å². The summed E-state index contributed by atoms with van der Waals surface area (Å²) in [6.07, 6.45) is 0. The minimum absolute atomic E-state index is 0. The van der Waals surface area contributed by atoms with Crippen LogP contribution in [0.15, 0.2) is 34.6 Å². The molecule has 0 saturated carbocycles. The molecule has 0 aliphatic carbocycles. The molecule has 0 atom stereocenters. The van der Waals surface area contributed by atoms with E-state index in [1.807, 2.05) is 0 Å². The third-order valence-corrected chi connectivity index (χ3v) is 3.96. The third kappa shape index (κ3) is 4.02. The number of benzene rings is 1. The Morgan fingerprint density at radius 3 is 1.94 bits per heavy atom. The van der Waals surface area contributed by atoms with Gasteiger partial charge >= 0.3 is 37.7 Å². The maximum absolute atomic E-state index is 11.2. The van der Waals surface area contributed by atoms with Crippen molar-refractivity contribution in [3.63, 3.8) is 0 Å². The van der Waals surface area contributed by atoms with Gasteiger partial charge in [-0.15, -0.1) is 0 Å². The van der Waals surface area contributed by atoms with Gasteiger partial charge in [-0.1, -0.05) is 18.7 Å². The Morgan fingerprint density at radius 2 is 1.61 bits per heavy atom. The summed E-state index contributed by atoms with van der Waals surface area (Å²) in [6, 6.07) is 3.40. The van der Waals surface area contributed by atoms with Gasteiger partial charge in [0.15, 0.2) is 0 Å². The topological polar surface area (TPSA) is 109 Å². The van der Waals surface area contributed by atoms with Crippen molar-refractivity contribution in [2.24, 2.45) is 0 Å². The zero-order chi connectivity index (χ0) is 13.4. The van der Waals surface area contributed by atoms with E-state index in [2.05, 4.69) is 6.58 Å². The fourth-order valence-corrected chi connectivity index (χ4v) is 3.39. The van der Waals surface area contributed by atoms with Crippen molar-refractivity contribution < 1.29 is 25.9 Å². The van der Waals surface area contributed by atoms with Gasteiger partial charge in [-0.2, -0.15) is 16.8 Å². The van der Waals surface area contributed by atoms with Gasteiger partial charge in [0, 0.05) is 0 Å². The molecule has 1 rings (SSSR count). The fourth-order valence-electron chi connectivity index (χ4n) is 1.32. The second-order valence-corrected chi connectivity index (χ2v) is 6.11. The van der Waals surface area contributed by atoms with Crippen LogP contribution in [0.1, 0.15) is 12.5 Å². The molecule has 0 spiro atoms. The molecule has 0 fully saturated rings. The van der Waals surface area contributed by atoms with Crippen LogP contribution in [-0.2, 0) is 20.2 Å². The van der Waals surface area contributed by atoms with Gasteiger partial charge in [-0.3, -0.25) is 9.11 Å². The molecule has 2 N–H and O–H groups in total. The summed E-state index contributed by atoms with van der Waals surface area (Å²) in [5, 5.41) is 0. The van der Waals surface area contributed by atoms with Crippen molar-refractivity contribution in [2.75, 3.05) is 0 Å². The van der Waals surface area contributed by atoms with Crippen LogP contribution >= 0.6 is 0 Å². The summed E-state index contributed by atoms with van der Waals surface area (Å²) in [6.45, 7) is 4.91. The van der Waals surface area contributed by atoms with Crippen molar-refractivity contribution in [3.05, 3.63) is 30.3 Å². The first-order valence-corrected chi connectivity index (χ1v) is 7.17. The molecule has 0 saturated heterocycles. The first-order valence-electron chi connectivity index (χ1n) is 4.29. The summed E-state index contributed by atoms with van der Waals surface area (Å²) >= 11 is 0. The Bertz CT molecular complexity index is 675. The van der Waals surface area contributed by atoms with Crippen LogP contribution in [0.4, 0.5) is 0 Å². The van der Waals surface area contributed by atoms with Crippen molar-refractivity contribution in [2.45, 2.75) is 16.7 Å². The van der Waals surface area contributed by atoms with Crippen LogP contribution in [-0.4, -0.2) is 63.7 Å². The molecule has 6 nitrogen and oxygen atoms in total. The van der Waals surface area contributed by atoms with Gasteiger partial charge in [0.05, 0.1) is 0 Å². The SMILES string of the molecule is C=C(C)c1cccc(S(=O)(=O)O)c1S(=O)(=O)O.[CaH2]. The number of allylic oxidation sites excluding steroid dienone is 1. The molecular formula is C9H12CaO6S2. The van der Waals surface area contributed by atoms with Crippen molar-refractivity contribution in [1.82, 2.24) is 0 Å². The van der Waals surface area contributed by atoms with E-state index in [1.165, 1.54) is 19.1 Å². The average molecular weight is 320 g/mol. The molecule has 0 aromatic heterocycles. The van der Waals surface area contributed by atoms with E-state index in [4.69, 9.17) is 9.11 Å². The molecule has 0 heterocycles. The quantitative estimate of drug-likeness (QED) is 0.612. The van der Waals surface area contributed by atoms with E-state index in [1.54, 1.807) is 0 Å². The van der Waals surface area contributed by atoms with Gasteiger partial charge in [0.2, 0.25) is 0 Å². The summed E-state index contributed by atoms with van der Waals surface area (Å²) < 4.78 is 62.3. The molecule has 1 aromatic carbocycles. The van der Waals surface area contributed by atoms with Crippen LogP contribution in [0.3, 0.4) is 0 Å². The fraction of sp³-hybridized carbons (Fsp3) is 0.111. The Kier molecular flexibility index (Phi) is 6.01. The summed E-state index contributed by atoms with van der Waals surface area (Å²) in [7, 11) is -9.55. The average Bonchev–Trinajstić information content (AvgIpc) is 2.13. The Labute approximate surface area is 135 Å². The van der Waals surface area contributed by atoms with Crippen LogP contribution in [0.2, 0.25) is 0 Å². The monoisotopic (exact) mass is 320 g/mol. The first kappa shape index (κ1) is 18.0. The second kappa shape index (κ2) is 6.00. The first-order chi connectivity index (χ1) is 7.55. The predicted octanol–water partition coefficient (Wildman–Crippen LogP) is 0.297. The van der Waals surface area contributed by atoms with Gasteiger partial charge in [-0.25, -0.2) is 0 Å². The number of hydrogen-bond donors (Lipinski definition) is 2. The molecule has 98 valence electrons. The van der Waals surface area contributed by atoms with E-state index in [0.717, 1.165) is 6.07 Å². The molecule has 1 aromatic rings. The van der Waals surface area contributed by atoms with Gasteiger partial charge in [-0.05, 0) is 24.1 Å². The molecular weight excluding hydrogens is 308 g/mol. The van der Waals surface area contributed by atoms with Crippen LogP contribution in [0, 0.1) is 0 Å². The molecule has 0 aliphatic rings.